The van der Waals surface area contributed by atoms with E-state index >= 15 is 0 Å². The van der Waals surface area contributed by atoms with Gasteiger partial charge >= 0.3 is 5.97 Å². The summed E-state index contributed by atoms with van der Waals surface area (Å²) in [7, 11) is 3.52. The van der Waals surface area contributed by atoms with E-state index in [0.717, 1.165) is 37.9 Å². The lowest BCUT2D eigenvalue weighted by atomic mass is 10.1. The van der Waals surface area contributed by atoms with Gasteiger partial charge < -0.3 is 15.4 Å². The van der Waals surface area contributed by atoms with Crippen LogP contribution < -0.4 is 10.6 Å². The molecule has 0 spiro atoms. The second kappa shape index (κ2) is 8.40. The van der Waals surface area contributed by atoms with Crippen LogP contribution in [0.25, 0.3) is 0 Å². The minimum atomic E-state index is -0.112. The smallest absolute Gasteiger partial charge is 0.305 e. The van der Waals surface area contributed by atoms with Gasteiger partial charge in [0.25, 0.3) is 0 Å². The van der Waals surface area contributed by atoms with Gasteiger partial charge in [0, 0.05) is 31.4 Å². The quantitative estimate of drug-likeness (QED) is 0.445. The molecule has 0 saturated carbocycles. The maximum Gasteiger partial charge on any atom is 0.305 e. The van der Waals surface area contributed by atoms with Crippen LogP contribution in [0.4, 0.5) is 11.4 Å². The Morgan fingerprint density at radius 1 is 1.16 bits per heavy atom. The average molecular weight is 264 g/mol. The zero-order valence-electron chi connectivity index (χ0n) is 11.9. The van der Waals surface area contributed by atoms with Gasteiger partial charge in [-0.25, -0.2) is 0 Å². The number of unbranched alkanes of at least 4 members (excludes halogenated alkanes) is 3. The van der Waals surface area contributed by atoms with Crippen LogP contribution in [0.5, 0.6) is 0 Å². The summed E-state index contributed by atoms with van der Waals surface area (Å²) < 4.78 is 4.61. The van der Waals surface area contributed by atoms with Crippen LogP contribution in [0, 0.1) is 0 Å². The van der Waals surface area contributed by atoms with E-state index < -0.39 is 0 Å². The summed E-state index contributed by atoms with van der Waals surface area (Å²) >= 11 is 0. The molecule has 0 heterocycles. The fraction of sp³-hybridized carbons (Fsp3) is 0.533. The van der Waals surface area contributed by atoms with Gasteiger partial charge in [-0.1, -0.05) is 12.8 Å². The van der Waals surface area contributed by atoms with E-state index in [4.69, 9.17) is 5.73 Å². The molecule has 1 aromatic rings. The monoisotopic (exact) mass is 264 g/mol. The summed E-state index contributed by atoms with van der Waals surface area (Å²) in [5.74, 6) is -0.112. The number of nitrogens with two attached hydrogens (primary N) is 1. The molecular weight excluding hydrogens is 240 g/mol. The van der Waals surface area contributed by atoms with E-state index in [1.807, 2.05) is 24.3 Å². The van der Waals surface area contributed by atoms with Crippen molar-refractivity contribution in [1.29, 1.82) is 0 Å². The third-order valence-corrected chi connectivity index (χ3v) is 3.19. The Labute approximate surface area is 115 Å². The molecule has 0 aliphatic rings. The van der Waals surface area contributed by atoms with Gasteiger partial charge in [-0.05, 0) is 37.1 Å². The zero-order valence-corrected chi connectivity index (χ0v) is 11.9. The van der Waals surface area contributed by atoms with E-state index in [1.165, 1.54) is 12.8 Å². The topological polar surface area (TPSA) is 55.6 Å². The molecule has 4 heteroatoms. The SMILES string of the molecule is COC(=O)CCCCCCN(C)c1ccc(N)cc1. The lowest BCUT2D eigenvalue weighted by molar-refractivity contribution is -0.140. The summed E-state index contributed by atoms with van der Waals surface area (Å²) in [6, 6.07) is 7.91. The van der Waals surface area contributed by atoms with Crippen molar-refractivity contribution in [3.05, 3.63) is 24.3 Å². The van der Waals surface area contributed by atoms with Crippen molar-refractivity contribution in [2.45, 2.75) is 32.1 Å². The van der Waals surface area contributed by atoms with Gasteiger partial charge in [-0.3, -0.25) is 4.79 Å². The number of hydrogen-bond acceptors (Lipinski definition) is 4. The van der Waals surface area contributed by atoms with Crippen molar-refractivity contribution in [2.24, 2.45) is 0 Å². The summed E-state index contributed by atoms with van der Waals surface area (Å²) in [4.78, 5) is 13.1. The Morgan fingerprint density at radius 3 is 2.42 bits per heavy atom. The molecule has 4 nitrogen and oxygen atoms in total. The van der Waals surface area contributed by atoms with Crippen molar-refractivity contribution in [3.63, 3.8) is 0 Å². The predicted molar refractivity (Wildman–Crippen MR) is 79.2 cm³/mol. The minimum absolute atomic E-state index is 0.112. The maximum absolute atomic E-state index is 10.9. The molecule has 1 aromatic carbocycles. The molecule has 0 aromatic heterocycles. The van der Waals surface area contributed by atoms with Gasteiger partial charge in [0.1, 0.15) is 0 Å². The zero-order chi connectivity index (χ0) is 14.1. The highest BCUT2D eigenvalue weighted by molar-refractivity contribution is 5.68. The second-order valence-electron chi connectivity index (χ2n) is 4.75. The summed E-state index contributed by atoms with van der Waals surface area (Å²) in [5, 5.41) is 0. The summed E-state index contributed by atoms with van der Waals surface area (Å²) in [6.07, 6.45) is 4.78. The minimum Gasteiger partial charge on any atom is -0.469 e. The number of esters is 1. The number of anilines is 2. The molecule has 2 N–H and O–H groups in total. The average Bonchev–Trinajstić information content (AvgIpc) is 2.42. The number of carbonyl (C=O) groups excluding carboxylic acids is 1. The van der Waals surface area contributed by atoms with Crippen LogP contribution in [0.2, 0.25) is 0 Å². The van der Waals surface area contributed by atoms with Crippen molar-refractivity contribution < 1.29 is 9.53 Å². The van der Waals surface area contributed by atoms with Gasteiger partial charge in [0.05, 0.1) is 7.11 Å². The molecule has 0 fully saturated rings. The Bertz CT molecular complexity index is 376. The van der Waals surface area contributed by atoms with Gasteiger partial charge in [-0.2, -0.15) is 0 Å². The van der Waals surface area contributed by atoms with Crippen LogP contribution in [-0.4, -0.2) is 26.7 Å². The summed E-state index contributed by atoms with van der Waals surface area (Å²) in [6.45, 7) is 1.02. The number of nitrogen functional groups attached to an aromatic ring is 1. The number of carbonyl (C=O) groups is 1. The number of benzene rings is 1. The molecule has 1 rings (SSSR count). The predicted octanol–water partition coefficient (Wildman–Crippen LogP) is 2.83. The molecule has 106 valence electrons. The molecule has 0 amide bonds. The largest absolute Gasteiger partial charge is 0.469 e. The molecule has 0 atom stereocenters. The molecule has 0 bridgehead atoms. The van der Waals surface area contributed by atoms with E-state index in [0.29, 0.717) is 6.42 Å². The Kier molecular flexibility index (Phi) is 6.79. The van der Waals surface area contributed by atoms with Crippen LogP contribution in [-0.2, 0) is 9.53 Å². The number of ether oxygens (including phenoxy) is 1. The molecular formula is C15H24N2O2. The number of rotatable bonds is 8. The first-order valence-corrected chi connectivity index (χ1v) is 6.77. The molecule has 0 aliphatic carbocycles. The van der Waals surface area contributed by atoms with Crippen LogP contribution in [0.15, 0.2) is 24.3 Å². The molecule has 0 saturated heterocycles. The van der Waals surface area contributed by atoms with E-state index in [-0.39, 0.29) is 5.97 Å². The second-order valence-corrected chi connectivity index (χ2v) is 4.75. The Morgan fingerprint density at radius 2 is 1.79 bits per heavy atom. The number of hydrogen-bond donors (Lipinski definition) is 1. The fourth-order valence-electron chi connectivity index (χ4n) is 1.93. The lowest BCUT2D eigenvalue weighted by Crippen LogP contribution is -2.18. The molecule has 0 unspecified atom stereocenters. The third kappa shape index (κ3) is 6.13. The normalized spacial score (nSPS) is 10.2. The fourth-order valence-corrected chi connectivity index (χ4v) is 1.93. The number of methoxy groups -OCH3 is 1. The van der Waals surface area contributed by atoms with Gasteiger partial charge in [0.2, 0.25) is 0 Å². The van der Waals surface area contributed by atoms with Gasteiger partial charge in [0.15, 0.2) is 0 Å². The number of nitrogens with zero attached hydrogens (tertiary/aromatic N) is 1. The van der Waals surface area contributed by atoms with E-state index in [9.17, 15) is 4.79 Å². The van der Waals surface area contributed by atoms with E-state index in [1.54, 1.807) is 0 Å². The Balaban J connectivity index is 2.12. The van der Waals surface area contributed by atoms with Crippen molar-refractivity contribution in [2.75, 3.05) is 31.3 Å². The highest BCUT2D eigenvalue weighted by Gasteiger charge is 2.01. The summed E-state index contributed by atoms with van der Waals surface area (Å²) in [5.41, 5.74) is 7.64. The standard InChI is InChI=1S/C15H24N2O2/c1-17(14-10-8-13(16)9-11-14)12-6-4-3-5-7-15(18)19-2/h8-11H,3-7,12,16H2,1-2H3. The maximum atomic E-state index is 10.9. The van der Waals surface area contributed by atoms with Crippen LogP contribution in [0.3, 0.4) is 0 Å². The highest BCUT2D eigenvalue weighted by atomic mass is 16.5. The van der Waals surface area contributed by atoms with E-state index in [2.05, 4.69) is 16.7 Å². The molecule has 19 heavy (non-hydrogen) atoms. The third-order valence-electron chi connectivity index (χ3n) is 3.19. The van der Waals surface area contributed by atoms with Crippen molar-refractivity contribution in [1.82, 2.24) is 0 Å². The van der Waals surface area contributed by atoms with Gasteiger partial charge in [-0.15, -0.1) is 0 Å². The lowest BCUT2D eigenvalue weighted by Gasteiger charge is -2.19. The van der Waals surface area contributed by atoms with Crippen molar-refractivity contribution >= 4 is 17.3 Å². The first-order valence-electron chi connectivity index (χ1n) is 6.77. The molecule has 0 radical (unpaired) electrons. The highest BCUT2D eigenvalue weighted by Crippen LogP contribution is 2.15. The first-order chi connectivity index (χ1) is 9.13. The Hall–Kier alpha value is -1.71. The molecule has 0 aliphatic heterocycles. The van der Waals surface area contributed by atoms with Crippen molar-refractivity contribution in [3.8, 4) is 0 Å². The van der Waals surface area contributed by atoms with Crippen LogP contribution >= 0.6 is 0 Å². The van der Waals surface area contributed by atoms with Crippen LogP contribution in [0.1, 0.15) is 32.1 Å². The first kappa shape index (κ1) is 15.3.